The first-order chi connectivity index (χ1) is 35.5. The SMILES string of the molecule is CC(C)CCN([C@@H]1CN(Cc2ccccc2)C[C@H]1NCCN)S(=O)(=O)c1ccc([N+](=O)[O-])cc1.CC(C)CCN([C@@H]1CN(Cc2ccccc2)C[C@H]1NCCNC(=O)OC(C)(C)C)S(=O)(=O)c1ccc([N+](=O)[O-])cc1.Cl. The van der Waals surface area contributed by atoms with E-state index in [2.05, 4.69) is 51.7 Å². The predicted octanol–water partition coefficient (Wildman–Crippen LogP) is 6.85. The van der Waals surface area contributed by atoms with E-state index in [0.29, 0.717) is 90.8 Å². The van der Waals surface area contributed by atoms with E-state index in [0.717, 1.165) is 12.1 Å². The van der Waals surface area contributed by atoms with Gasteiger partial charge >= 0.3 is 6.09 Å². The molecule has 0 aliphatic carbocycles. The van der Waals surface area contributed by atoms with Gasteiger partial charge in [-0.05, 0) is 80.8 Å². The van der Waals surface area contributed by atoms with Gasteiger partial charge in [-0.2, -0.15) is 8.61 Å². The van der Waals surface area contributed by atoms with Crippen molar-refractivity contribution in [2.24, 2.45) is 17.6 Å². The van der Waals surface area contributed by atoms with Crippen LogP contribution in [0.2, 0.25) is 0 Å². The summed E-state index contributed by atoms with van der Waals surface area (Å²) in [4.78, 5) is 37.8. The van der Waals surface area contributed by atoms with Crippen LogP contribution in [0.5, 0.6) is 0 Å². The molecule has 2 aliphatic heterocycles. The predicted molar refractivity (Wildman–Crippen MR) is 298 cm³/mol. The zero-order valence-corrected chi connectivity index (χ0v) is 47.3. The second-order valence-corrected chi connectivity index (χ2v) is 24.7. The fourth-order valence-corrected chi connectivity index (χ4v) is 12.4. The maximum atomic E-state index is 14.0. The van der Waals surface area contributed by atoms with Gasteiger partial charge in [-0.3, -0.25) is 30.0 Å². The molecule has 0 radical (unpaired) electrons. The molecule has 1 amide bonds. The van der Waals surface area contributed by atoms with E-state index in [4.69, 9.17) is 10.5 Å². The molecule has 5 N–H and O–H groups in total. The fraction of sp³-hybridized carbons (Fsp3) is 0.528. The molecule has 20 nitrogen and oxygen atoms in total. The lowest BCUT2D eigenvalue weighted by molar-refractivity contribution is -0.385. The molecule has 2 heterocycles. The van der Waals surface area contributed by atoms with Gasteiger partial charge in [0.25, 0.3) is 11.4 Å². The molecule has 4 atom stereocenters. The first kappa shape index (κ1) is 63.4. The third-order valence-corrected chi connectivity index (χ3v) is 16.8. The summed E-state index contributed by atoms with van der Waals surface area (Å²) in [5, 5.41) is 31.8. The molecule has 76 heavy (non-hydrogen) atoms. The number of nitro benzene ring substituents is 2. The highest BCUT2D eigenvalue weighted by molar-refractivity contribution is 7.89. The van der Waals surface area contributed by atoms with E-state index >= 15 is 0 Å². The van der Waals surface area contributed by atoms with Gasteiger partial charge in [-0.15, -0.1) is 12.4 Å². The molecule has 23 heteroatoms. The van der Waals surface area contributed by atoms with E-state index in [1.54, 1.807) is 29.4 Å². The van der Waals surface area contributed by atoms with E-state index in [1.807, 2.05) is 62.4 Å². The Bertz CT molecular complexity index is 2650. The number of hydrogen-bond donors (Lipinski definition) is 4. The number of hydrogen-bond acceptors (Lipinski definition) is 15. The maximum Gasteiger partial charge on any atom is 0.407 e. The van der Waals surface area contributed by atoms with Gasteiger partial charge < -0.3 is 26.4 Å². The summed E-state index contributed by atoms with van der Waals surface area (Å²) in [7, 11) is -7.83. The molecule has 2 saturated heterocycles. The molecule has 4 aromatic carbocycles. The normalized spacial score (nSPS) is 18.4. The molecule has 420 valence electrons. The largest absolute Gasteiger partial charge is 0.444 e. The Morgan fingerprint density at radius 2 is 1.03 bits per heavy atom. The Labute approximate surface area is 455 Å². The monoisotopic (exact) mass is 1110 g/mol. The van der Waals surface area contributed by atoms with Crippen LogP contribution in [0.1, 0.15) is 72.4 Å². The Hall–Kier alpha value is -5.14. The number of alkyl carbamates (subject to hydrolysis) is 1. The second kappa shape index (κ2) is 29.6. The number of carbonyl (C=O) groups is 1. The smallest absolute Gasteiger partial charge is 0.407 e. The van der Waals surface area contributed by atoms with Crippen LogP contribution in [0.4, 0.5) is 16.2 Å². The number of halogens is 1. The number of benzene rings is 4. The van der Waals surface area contributed by atoms with Crippen LogP contribution in [-0.4, -0.2) is 146 Å². The maximum absolute atomic E-state index is 14.0. The summed E-state index contributed by atoms with van der Waals surface area (Å²) >= 11 is 0. The van der Waals surface area contributed by atoms with Crippen molar-refractivity contribution in [2.75, 3.05) is 65.4 Å². The van der Waals surface area contributed by atoms with Crippen molar-refractivity contribution < 1.29 is 36.2 Å². The summed E-state index contributed by atoms with van der Waals surface area (Å²) in [6.45, 7) is 19.9. The number of ether oxygens (including phenoxy) is 1. The highest BCUT2D eigenvalue weighted by Crippen LogP contribution is 2.30. The zero-order valence-electron chi connectivity index (χ0n) is 44.8. The average Bonchev–Trinajstić information content (AvgIpc) is 3.94. The minimum absolute atomic E-state index is 0. The number of sulfonamides is 2. The molecule has 4 aromatic rings. The summed E-state index contributed by atoms with van der Waals surface area (Å²) < 4.78 is 64.0. The van der Waals surface area contributed by atoms with Crippen LogP contribution in [0.25, 0.3) is 0 Å². The highest BCUT2D eigenvalue weighted by atomic mass is 35.5. The molecule has 2 fully saturated rings. The summed E-state index contributed by atoms with van der Waals surface area (Å²) in [5.41, 5.74) is 7.14. The van der Waals surface area contributed by atoms with Gasteiger partial charge in [-0.1, -0.05) is 88.4 Å². The fourth-order valence-electron chi connectivity index (χ4n) is 9.11. The molecule has 6 rings (SSSR count). The lowest BCUT2D eigenvalue weighted by Crippen LogP contribution is -2.53. The third kappa shape index (κ3) is 19.1. The molecule has 0 saturated carbocycles. The number of carbonyl (C=O) groups excluding carboxylic acids is 1. The molecule has 0 unspecified atom stereocenters. The second-order valence-electron chi connectivity index (χ2n) is 20.9. The van der Waals surface area contributed by atoms with Crippen LogP contribution >= 0.6 is 12.4 Å². The van der Waals surface area contributed by atoms with Gasteiger partial charge in [0.2, 0.25) is 20.0 Å². The first-order valence-corrected chi connectivity index (χ1v) is 28.5. The van der Waals surface area contributed by atoms with Gasteiger partial charge in [0.05, 0.1) is 31.7 Å². The third-order valence-electron chi connectivity index (χ3n) is 12.9. The van der Waals surface area contributed by atoms with Crippen molar-refractivity contribution in [1.29, 1.82) is 0 Å². The van der Waals surface area contributed by atoms with E-state index in [1.165, 1.54) is 54.1 Å². The van der Waals surface area contributed by atoms with Crippen LogP contribution in [0, 0.1) is 32.1 Å². The van der Waals surface area contributed by atoms with E-state index < -0.39 is 41.6 Å². The first-order valence-electron chi connectivity index (χ1n) is 25.7. The van der Waals surface area contributed by atoms with Crippen molar-refractivity contribution >= 4 is 49.9 Å². The van der Waals surface area contributed by atoms with Crippen molar-refractivity contribution in [3.05, 3.63) is 141 Å². The Morgan fingerprint density at radius 1 is 0.645 bits per heavy atom. The van der Waals surface area contributed by atoms with E-state index in [9.17, 15) is 41.9 Å². The number of nitrogens with one attached hydrogen (secondary N) is 3. The number of nitrogens with zero attached hydrogens (tertiary/aromatic N) is 6. The van der Waals surface area contributed by atoms with Gasteiger partial charge in [0, 0.05) is 115 Å². The number of rotatable bonds is 25. The molecule has 0 spiro atoms. The van der Waals surface area contributed by atoms with Crippen LogP contribution in [0.3, 0.4) is 0 Å². The highest BCUT2D eigenvalue weighted by Gasteiger charge is 2.43. The molecule has 0 bridgehead atoms. The molecule has 2 aliphatic rings. The zero-order chi connectivity index (χ0) is 54.9. The van der Waals surface area contributed by atoms with Gasteiger partial charge in [0.1, 0.15) is 5.60 Å². The van der Waals surface area contributed by atoms with Crippen molar-refractivity contribution in [3.63, 3.8) is 0 Å². The Morgan fingerprint density at radius 3 is 1.37 bits per heavy atom. The topological polar surface area (TPSA) is 256 Å². The number of non-ortho nitro benzene ring substituents is 2. The van der Waals surface area contributed by atoms with Crippen molar-refractivity contribution in [3.8, 4) is 0 Å². The number of nitro groups is 2. The number of nitrogens with two attached hydrogens (primary N) is 1. The van der Waals surface area contributed by atoms with Crippen LogP contribution in [-0.2, 0) is 37.9 Å². The number of amides is 1. The molecule has 0 aromatic heterocycles. The molecular weight excluding hydrogens is 1040 g/mol. The lowest BCUT2D eigenvalue weighted by Gasteiger charge is -2.32. The van der Waals surface area contributed by atoms with Crippen molar-refractivity contribution in [2.45, 2.75) is 114 Å². The van der Waals surface area contributed by atoms with E-state index in [-0.39, 0.29) is 63.7 Å². The summed E-state index contributed by atoms with van der Waals surface area (Å²) in [5.74, 6) is 0.600. The lowest BCUT2D eigenvalue weighted by atomic mass is 10.1. The van der Waals surface area contributed by atoms with Gasteiger partial charge in [-0.25, -0.2) is 21.6 Å². The Balaban J connectivity index is 0.000000330. The standard InChI is InChI=1S/C29H43N5O6S.C24H35N5O4S.ClH/c1-22(2)15-18-33(41(38,39)25-13-11-24(12-14-25)34(36)37)27-21-32(19-23-9-7-6-8-10-23)20-26(27)30-16-17-31-28(35)40-29(3,4)5;1-19(2)12-15-28(34(32,33)22-10-8-21(9-11-22)29(30)31)24-18-27(17-23(24)26-14-13-25)16-20-6-4-3-5-7-20;/h6-14,22,26-27,30H,15-21H2,1-5H3,(H,31,35);3-11,19,23-24,26H,12-18,25H2,1-2H3;1H/t26-,27-;23-,24-;/m11./s1. The minimum atomic E-state index is -3.96. The summed E-state index contributed by atoms with van der Waals surface area (Å²) in [6.07, 6.45) is 0.867. The van der Waals surface area contributed by atoms with Crippen LogP contribution in [0.15, 0.2) is 119 Å². The minimum Gasteiger partial charge on any atom is -0.444 e. The quantitative estimate of drug-likeness (QED) is 0.0301. The Kier molecular flexibility index (Phi) is 24.7. The average molecular weight is 1120 g/mol. The summed E-state index contributed by atoms with van der Waals surface area (Å²) in [6, 6.07) is 29.4. The van der Waals surface area contributed by atoms with Crippen LogP contribution < -0.4 is 21.7 Å². The molecular formula is C53H79ClN10O10S2. The number of likely N-dealkylation sites (tertiary alicyclic amines) is 2. The van der Waals surface area contributed by atoms with Gasteiger partial charge in [0.15, 0.2) is 0 Å². The van der Waals surface area contributed by atoms with Crippen molar-refractivity contribution in [1.82, 2.24) is 34.4 Å².